The fourth-order valence-corrected chi connectivity index (χ4v) is 1.14. The topological polar surface area (TPSA) is 24.9 Å². The molecule has 0 amide bonds. The number of aromatic nitrogens is 1. The molecular formula is C8H8ClF3N2. The first kappa shape index (κ1) is 11.1. The lowest BCUT2D eigenvalue weighted by Crippen LogP contribution is -2.07. The van der Waals surface area contributed by atoms with E-state index in [0.29, 0.717) is 6.54 Å². The molecule has 1 heterocycles. The molecule has 6 heteroatoms. The number of pyridine rings is 1. The van der Waals surface area contributed by atoms with Gasteiger partial charge in [0, 0.05) is 6.54 Å². The Balaban J connectivity index is 3.07. The van der Waals surface area contributed by atoms with Gasteiger partial charge in [-0.1, -0.05) is 11.6 Å². The molecular weight excluding hydrogens is 217 g/mol. The maximum Gasteiger partial charge on any atom is 0.416 e. The molecule has 0 bridgehead atoms. The van der Waals surface area contributed by atoms with Gasteiger partial charge in [0.05, 0.1) is 5.56 Å². The number of halogens is 4. The average molecular weight is 225 g/mol. The number of rotatable bonds is 2. The largest absolute Gasteiger partial charge is 0.416 e. The second kappa shape index (κ2) is 4.04. The van der Waals surface area contributed by atoms with E-state index in [4.69, 9.17) is 11.6 Å². The van der Waals surface area contributed by atoms with Crippen molar-refractivity contribution in [3.63, 3.8) is 0 Å². The van der Waals surface area contributed by atoms with E-state index in [0.717, 1.165) is 12.1 Å². The summed E-state index contributed by atoms with van der Waals surface area (Å²) in [6.07, 6.45) is -4.39. The van der Waals surface area contributed by atoms with Crippen molar-refractivity contribution in [2.24, 2.45) is 0 Å². The summed E-state index contributed by atoms with van der Waals surface area (Å²) >= 11 is 5.44. The van der Waals surface area contributed by atoms with Gasteiger partial charge in [0.1, 0.15) is 11.0 Å². The average Bonchev–Trinajstić information content (AvgIpc) is 2.02. The molecule has 0 spiro atoms. The maximum absolute atomic E-state index is 12.3. The first-order valence-electron chi connectivity index (χ1n) is 3.92. The molecule has 0 saturated carbocycles. The van der Waals surface area contributed by atoms with Crippen molar-refractivity contribution in [1.82, 2.24) is 4.98 Å². The van der Waals surface area contributed by atoms with Crippen molar-refractivity contribution in [2.45, 2.75) is 13.1 Å². The molecule has 0 aliphatic heterocycles. The first-order chi connectivity index (χ1) is 6.43. The smallest absolute Gasteiger partial charge is 0.370 e. The Morgan fingerprint density at radius 3 is 2.57 bits per heavy atom. The normalized spacial score (nSPS) is 11.5. The van der Waals surface area contributed by atoms with E-state index in [2.05, 4.69) is 10.3 Å². The molecule has 0 aliphatic carbocycles. The molecule has 1 rings (SSSR count). The third-order valence-electron chi connectivity index (χ3n) is 1.48. The summed E-state index contributed by atoms with van der Waals surface area (Å²) in [5.74, 6) is 0.132. The van der Waals surface area contributed by atoms with Gasteiger partial charge in [-0.05, 0) is 19.1 Å². The van der Waals surface area contributed by atoms with Crippen LogP contribution in [0.1, 0.15) is 12.5 Å². The van der Waals surface area contributed by atoms with Crippen molar-refractivity contribution < 1.29 is 13.2 Å². The third-order valence-corrected chi connectivity index (χ3v) is 1.67. The standard InChI is InChI=1S/C8H8ClF3N2/c1-2-13-7-4-5(8(10,11)12)3-6(9)14-7/h3-4H,2H2,1H3,(H,13,14). The summed E-state index contributed by atoms with van der Waals surface area (Å²) in [7, 11) is 0. The summed E-state index contributed by atoms with van der Waals surface area (Å²) in [5, 5.41) is 2.49. The van der Waals surface area contributed by atoms with Crippen LogP contribution in [0.2, 0.25) is 5.15 Å². The molecule has 0 aliphatic rings. The van der Waals surface area contributed by atoms with Crippen molar-refractivity contribution in [3.05, 3.63) is 22.8 Å². The number of alkyl halides is 3. The van der Waals surface area contributed by atoms with Gasteiger partial charge >= 0.3 is 6.18 Å². The van der Waals surface area contributed by atoms with Gasteiger partial charge in [-0.3, -0.25) is 0 Å². The molecule has 14 heavy (non-hydrogen) atoms. The number of nitrogens with one attached hydrogen (secondary N) is 1. The summed E-state index contributed by atoms with van der Waals surface area (Å²) in [4.78, 5) is 3.69. The lowest BCUT2D eigenvalue weighted by molar-refractivity contribution is -0.137. The zero-order valence-corrected chi connectivity index (χ0v) is 8.08. The Hall–Kier alpha value is -0.970. The Bertz CT molecular complexity index is 325. The summed E-state index contributed by atoms with van der Waals surface area (Å²) in [6.45, 7) is 2.25. The second-order valence-corrected chi connectivity index (χ2v) is 2.98. The molecule has 0 atom stereocenters. The van der Waals surface area contributed by atoms with Gasteiger partial charge in [-0.15, -0.1) is 0 Å². The van der Waals surface area contributed by atoms with Gasteiger partial charge in [-0.2, -0.15) is 13.2 Å². The highest BCUT2D eigenvalue weighted by Gasteiger charge is 2.31. The first-order valence-corrected chi connectivity index (χ1v) is 4.30. The Labute approximate surface area is 84.1 Å². The van der Waals surface area contributed by atoms with E-state index < -0.39 is 11.7 Å². The summed E-state index contributed by atoms with van der Waals surface area (Å²) in [5.41, 5.74) is -0.798. The van der Waals surface area contributed by atoms with Crippen LogP contribution in [-0.4, -0.2) is 11.5 Å². The van der Waals surface area contributed by atoms with Crippen LogP contribution in [0.4, 0.5) is 19.0 Å². The lowest BCUT2D eigenvalue weighted by Gasteiger charge is -2.09. The van der Waals surface area contributed by atoms with Gasteiger partial charge in [0.25, 0.3) is 0 Å². The molecule has 0 aromatic carbocycles. The minimum Gasteiger partial charge on any atom is -0.370 e. The van der Waals surface area contributed by atoms with E-state index in [9.17, 15) is 13.2 Å². The van der Waals surface area contributed by atoms with E-state index in [1.807, 2.05) is 0 Å². The van der Waals surface area contributed by atoms with Crippen LogP contribution in [-0.2, 0) is 6.18 Å². The number of nitrogens with zero attached hydrogens (tertiary/aromatic N) is 1. The van der Waals surface area contributed by atoms with Crippen LogP contribution in [0.25, 0.3) is 0 Å². The van der Waals surface area contributed by atoms with Crippen LogP contribution < -0.4 is 5.32 Å². The molecule has 0 unspecified atom stereocenters. The zero-order valence-electron chi connectivity index (χ0n) is 7.32. The predicted molar refractivity (Wildman–Crippen MR) is 48.4 cm³/mol. The summed E-state index contributed by atoms with van der Waals surface area (Å²) in [6, 6.07) is 1.72. The monoisotopic (exact) mass is 224 g/mol. The lowest BCUT2D eigenvalue weighted by atomic mass is 10.2. The van der Waals surface area contributed by atoms with Crippen LogP contribution in [0.15, 0.2) is 12.1 Å². The van der Waals surface area contributed by atoms with Gasteiger partial charge in [0.2, 0.25) is 0 Å². The molecule has 0 radical (unpaired) electrons. The quantitative estimate of drug-likeness (QED) is 0.781. The molecule has 78 valence electrons. The highest BCUT2D eigenvalue weighted by Crippen LogP contribution is 2.31. The Morgan fingerprint density at radius 1 is 1.43 bits per heavy atom. The second-order valence-electron chi connectivity index (χ2n) is 2.59. The van der Waals surface area contributed by atoms with E-state index in [1.54, 1.807) is 6.92 Å². The predicted octanol–water partition coefficient (Wildman–Crippen LogP) is 3.19. The van der Waals surface area contributed by atoms with Crippen LogP contribution >= 0.6 is 11.6 Å². The zero-order chi connectivity index (χ0) is 10.8. The molecule has 1 aromatic rings. The van der Waals surface area contributed by atoms with E-state index >= 15 is 0 Å². The van der Waals surface area contributed by atoms with E-state index in [-0.39, 0.29) is 11.0 Å². The molecule has 0 saturated heterocycles. The molecule has 0 fully saturated rings. The van der Waals surface area contributed by atoms with Gasteiger partial charge < -0.3 is 5.32 Å². The van der Waals surface area contributed by atoms with Crippen LogP contribution in [0.5, 0.6) is 0 Å². The fraction of sp³-hybridized carbons (Fsp3) is 0.375. The van der Waals surface area contributed by atoms with Gasteiger partial charge in [0.15, 0.2) is 0 Å². The van der Waals surface area contributed by atoms with Gasteiger partial charge in [-0.25, -0.2) is 4.98 Å². The van der Waals surface area contributed by atoms with Crippen LogP contribution in [0.3, 0.4) is 0 Å². The third kappa shape index (κ3) is 2.77. The van der Waals surface area contributed by atoms with E-state index in [1.165, 1.54) is 0 Å². The highest BCUT2D eigenvalue weighted by atomic mass is 35.5. The molecule has 1 N–H and O–H groups in total. The maximum atomic E-state index is 12.3. The molecule has 1 aromatic heterocycles. The minimum atomic E-state index is -4.39. The fourth-order valence-electron chi connectivity index (χ4n) is 0.932. The van der Waals surface area contributed by atoms with Crippen molar-refractivity contribution >= 4 is 17.4 Å². The molecule has 2 nitrogen and oxygen atoms in total. The van der Waals surface area contributed by atoms with Crippen molar-refractivity contribution in [2.75, 3.05) is 11.9 Å². The Kier molecular flexibility index (Phi) is 3.21. The number of anilines is 1. The SMILES string of the molecule is CCNc1cc(C(F)(F)F)cc(Cl)n1. The highest BCUT2D eigenvalue weighted by molar-refractivity contribution is 6.29. The summed E-state index contributed by atoms with van der Waals surface area (Å²) < 4.78 is 36.8. The van der Waals surface area contributed by atoms with Crippen molar-refractivity contribution in [3.8, 4) is 0 Å². The number of hydrogen-bond donors (Lipinski definition) is 1. The minimum absolute atomic E-state index is 0.132. The van der Waals surface area contributed by atoms with Crippen molar-refractivity contribution in [1.29, 1.82) is 0 Å². The van der Waals surface area contributed by atoms with Crippen LogP contribution in [0, 0.1) is 0 Å². The Morgan fingerprint density at radius 2 is 2.07 bits per heavy atom. The number of hydrogen-bond acceptors (Lipinski definition) is 2.